The third-order valence-electron chi connectivity index (χ3n) is 4.85. The molecular weight excluding hydrogens is 432 g/mol. The van der Waals surface area contributed by atoms with E-state index in [1.807, 2.05) is 52.0 Å². The summed E-state index contributed by atoms with van der Waals surface area (Å²) in [6.07, 6.45) is -0.243. The number of aliphatic hydroxyl groups excluding tert-OH is 1. The maximum atomic E-state index is 12.2. The van der Waals surface area contributed by atoms with Gasteiger partial charge in [-0.2, -0.15) is 0 Å². The number of aryl methyl sites for hydroxylation is 4. The van der Waals surface area contributed by atoms with Gasteiger partial charge in [0.2, 0.25) is 0 Å². The molecule has 6 nitrogen and oxygen atoms in total. The lowest BCUT2D eigenvalue weighted by Gasteiger charge is -2.18. The Morgan fingerprint density at radius 3 is 2.55 bits per heavy atom. The largest absolute Gasteiger partial charge is 0.369 e. The van der Waals surface area contributed by atoms with Crippen molar-refractivity contribution >= 4 is 39.8 Å². The lowest BCUT2D eigenvalue weighted by Crippen LogP contribution is -2.30. The summed E-state index contributed by atoms with van der Waals surface area (Å²) in [6, 6.07) is 11.4. The van der Waals surface area contributed by atoms with Crippen molar-refractivity contribution in [2.45, 2.75) is 40.3 Å². The summed E-state index contributed by atoms with van der Waals surface area (Å²) in [4.78, 5) is 17.3. The number of hydrogen-bond acceptors (Lipinski definition) is 5. The summed E-state index contributed by atoms with van der Waals surface area (Å²) in [7, 11) is 0. The Labute approximate surface area is 191 Å². The summed E-state index contributed by atoms with van der Waals surface area (Å²) in [5.74, 6) is 0. The molecule has 1 atom stereocenters. The highest BCUT2D eigenvalue weighted by atomic mass is 35.5. The molecule has 4 N–H and O–H groups in total. The first kappa shape index (κ1) is 23.1. The Bertz CT molecular complexity index is 1060. The number of amides is 2. The third-order valence-corrected chi connectivity index (χ3v) is 6.21. The minimum atomic E-state index is -0.918. The van der Waals surface area contributed by atoms with Gasteiger partial charge in [-0.15, -0.1) is 0 Å². The minimum absolute atomic E-state index is 0.338. The van der Waals surface area contributed by atoms with Crippen molar-refractivity contribution in [2.75, 3.05) is 17.2 Å². The third kappa shape index (κ3) is 6.19. The second kappa shape index (κ2) is 10.1. The van der Waals surface area contributed by atoms with Crippen molar-refractivity contribution in [1.29, 1.82) is 0 Å². The normalized spacial score (nSPS) is 11.8. The van der Waals surface area contributed by atoms with Gasteiger partial charge in [-0.1, -0.05) is 52.8 Å². The zero-order valence-electron chi connectivity index (χ0n) is 18.0. The van der Waals surface area contributed by atoms with Gasteiger partial charge in [0.1, 0.15) is 0 Å². The van der Waals surface area contributed by atoms with Gasteiger partial charge in [-0.3, -0.25) is 5.32 Å². The molecule has 0 spiro atoms. The first-order valence-electron chi connectivity index (χ1n) is 10.0. The van der Waals surface area contributed by atoms with E-state index < -0.39 is 6.23 Å². The van der Waals surface area contributed by atoms with Gasteiger partial charge in [0.05, 0.1) is 10.6 Å². The van der Waals surface area contributed by atoms with Gasteiger partial charge in [-0.05, 0) is 62.9 Å². The van der Waals surface area contributed by atoms with E-state index in [1.54, 1.807) is 0 Å². The SMILES string of the molecule is Cc1cc(C)c(N[C@H](O)c2sc(NC(=O)NCCc3cccc(Cl)c3)nc2C)c(C)c1. The maximum absolute atomic E-state index is 12.2. The fourth-order valence-corrected chi connectivity index (χ4v) is 4.59. The maximum Gasteiger partial charge on any atom is 0.321 e. The number of carbonyl (C=O) groups excluding carboxylic acids is 1. The number of aliphatic hydroxyl groups is 1. The van der Waals surface area contributed by atoms with E-state index in [4.69, 9.17) is 11.6 Å². The molecule has 3 rings (SSSR count). The number of aromatic nitrogens is 1. The molecule has 8 heteroatoms. The monoisotopic (exact) mass is 458 g/mol. The van der Waals surface area contributed by atoms with Crippen LogP contribution in [0, 0.1) is 27.7 Å². The zero-order valence-corrected chi connectivity index (χ0v) is 19.6. The van der Waals surface area contributed by atoms with E-state index in [1.165, 1.54) is 16.9 Å². The quantitative estimate of drug-likeness (QED) is 0.352. The molecule has 0 aliphatic rings. The topological polar surface area (TPSA) is 86.3 Å². The Kier molecular flexibility index (Phi) is 7.54. The Balaban J connectivity index is 1.58. The molecule has 164 valence electrons. The number of thiazole rings is 1. The molecule has 0 fully saturated rings. The Hall–Kier alpha value is -2.61. The van der Waals surface area contributed by atoms with E-state index in [-0.39, 0.29) is 6.03 Å². The van der Waals surface area contributed by atoms with Crippen LogP contribution in [0.4, 0.5) is 15.6 Å². The average Bonchev–Trinajstić information content (AvgIpc) is 3.04. The summed E-state index contributed by atoms with van der Waals surface area (Å²) < 4.78 is 0. The number of carbonyl (C=O) groups is 1. The van der Waals surface area contributed by atoms with Gasteiger partial charge >= 0.3 is 6.03 Å². The minimum Gasteiger partial charge on any atom is -0.369 e. The number of benzene rings is 2. The standard InChI is InChI=1S/C23H27ClN4O2S/c1-13-10-14(2)19(15(3)11-13)27-21(29)20-16(4)26-23(31-20)28-22(30)25-9-8-17-6-5-7-18(24)12-17/h5-7,10-12,21,27,29H,8-9H2,1-4H3,(H2,25,26,28,30)/t21-/m1/s1. The zero-order chi connectivity index (χ0) is 22.5. The van der Waals surface area contributed by atoms with E-state index in [0.29, 0.717) is 33.7 Å². The van der Waals surface area contributed by atoms with Crippen molar-refractivity contribution in [1.82, 2.24) is 10.3 Å². The molecule has 0 aliphatic carbocycles. The number of urea groups is 1. The highest BCUT2D eigenvalue weighted by molar-refractivity contribution is 7.16. The summed E-state index contributed by atoms with van der Waals surface area (Å²) >= 11 is 7.23. The van der Waals surface area contributed by atoms with Crippen molar-refractivity contribution in [2.24, 2.45) is 0 Å². The van der Waals surface area contributed by atoms with Crippen LogP contribution in [-0.4, -0.2) is 22.7 Å². The molecule has 1 heterocycles. The van der Waals surface area contributed by atoms with Crippen molar-refractivity contribution in [3.8, 4) is 0 Å². The number of rotatable bonds is 7. The van der Waals surface area contributed by atoms with Crippen LogP contribution < -0.4 is 16.0 Å². The van der Waals surface area contributed by atoms with Crippen molar-refractivity contribution < 1.29 is 9.90 Å². The number of halogens is 1. The van der Waals surface area contributed by atoms with Gasteiger partial charge < -0.3 is 15.7 Å². The van der Waals surface area contributed by atoms with E-state index in [2.05, 4.69) is 33.1 Å². The van der Waals surface area contributed by atoms with Crippen LogP contribution in [-0.2, 0) is 6.42 Å². The van der Waals surface area contributed by atoms with Crippen LogP contribution in [0.1, 0.15) is 39.1 Å². The van der Waals surface area contributed by atoms with Crippen LogP contribution in [0.15, 0.2) is 36.4 Å². The van der Waals surface area contributed by atoms with E-state index >= 15 is 0 Å². The summed E-state index contributed by atoms with van der Waals surface area (Å²) in [5.41, 5.74) is 5.93. The van der Waals surface area contributed by atoms with Crippen LogP contribution in [0.2, 0.25) is 5.02 Å². The van der Waals surface area contributed by atoms with Gasteiger partial charge in [-0.25, -0.2) is 9.78 Å². The van der Waals surface area contributed by atoms with Crippen molar-refractivity contribution in [3.05, 3.63) is 74.2 Å². The first-order chi connectivity index (χ1) is 14.7. The molecule has 31 heavy (non-hydrogen) atoms. The average molecular weight is 459 g/mol. The van der Waals surface area contributed by atoms with Crippen LogP contribution in [0.25, 0.3) is 0 Å². The second-order valence-corrected chi connectivity index (χ2v) is 9.02. The fraction of sp³-hybridized carbons (Fsp3) is 0.304. The molecule has 0 unspecified atom stereocenters. The lowest BCUT2D eigenvalue weighted by molar-refractivity contribution is 0.211. The van der Waals surface area contributed by atoms with E-state index in [9.17, 15) is 9.90 Å². The summed E-state index contributed by atoms with van der Waals surface area (Å²) in [6.45, 7) is 8.35. The fourth-order valence-electron chi connectivity index (χ4n) is 3.48. The number of nitrogens with one attached hydrogen (secondary N) is 3. The first-order valence-corrected chi connectivity index (χ1v) is 11.2. The van der Waals surface area contributed by atoms with Gasteiger partial charge in [0, 0.05) is 17.3 Å². The van der Waals surface area contributed by atoms with Crippen LogP contribution >= 0.6 is 22.9 Å². The highest BCUT2D eigenvalue weighted by Crippen LogP contribution is 2.31. The molecular formula is C23H27ClN4O2S. The predicted octanol–water partition coefficient (Wildman–Crippen LogP) is 5.50. The Morgan fingerprint density at radius 2 is 1.87 bits per heavy atom. The van der Waals surface area contributed by atoms with Crippen molar-refractivity contribution in [3.63, 3.8) is 0 Å². The predicted molar refractivity (Wildman–Crippen MR) is 128 cm³/mol. The molecule has 2 aromatic carbocycles. The second-order valence-electron chi connectivity index (χ2n) is 7.55. The van der Waals surface area contributed by atoms with Gasteiger partial charge in [0.25, 0.3) is 0 Å². The molecule has 3 aromatic rings. The lowest BCUT2D eigenvalue weighted by atomic mass is 10.0. The molecule has 0 aliphatic heterocycles. The number of hydrogen-bond donors (Lipinski definition) is 4. The smallest absolute Gasteiger partial charge is 0.321 e. The molecule has 0 saturated heterocycles. The van der Waals surface area contributed by atoms with Crippen LogP contribution in [0.5, 0.6) is 0 Å². The molecule has 0 saturated carbocycles. The van der Waals surface area contributed by atoms with Gasteiger partial charge in [0.15, 0.2) is 11.4 Å². The highest BCUT2D eigenvalue weighted by Gasteiger charge is 2.18. The number of nitrogens with zero attached hydrogens (tertiary/aromatic N) is 1. The van der Waals surface area contributed by atoms with E-state index in [0.717, 1.165) is 22.4 Å². The summed E-state index contributed by atoms with van der Waals surface area (Å²) in [5, 5.41) is 20.6. The molecule has 0 radical (unpaired) electrons. The molecule has 1 aromatic heterocycles. The number of anilines is 2. The Morgan fingerprint density at radius 1 is 1.16 bits per heavy atom. The molecule has 2 amide bonds. The van der Waals surface area contributed by atoms with Crippen LogP contribution in [0.3, 0.4) is 0 Å². The molecule has 0 bridgehead atoms.